The van der Waals surface area contributed by atoms with E-state index in [1.165, 1.54) is 0 Å². The average Bonchev–Trinajstić information content (AvgIpc) is 2.60. The molecule has 1 aliphatic rings. The van der Waals surface area contributed by atoms with E-state index in [1.807, 2.05) is 12.1 Å². The standard InChI is InChI=1S/C18H29N5O2S/c1-15(2)12-16-5-7-18(8-6-16)26(24,25)21-9-11-23-10-3-4-17(14-23)13-20-22-19/h5-8,15,17,21H,3-4,9-14H2,1-2H3. The lowest BCUT2D eigenvalue weighted by atomic mass is 9.98. The van der Waals surface area contributed by atoms with Gasteiger partial charge in [-0.15, -0.1) is 0 Å². The van der Waals surface area contributed by atoms with E-state index in [0.717, 1.165) is 37.9 Å². The van der Waals surface area contributed by atoms with Crippen LogP contribution in [0.1, 0.15) is 32.3 Å². The third kappa shape index (κ3) is 6.61. The highest BCUT2D eigenvalue weighted by atomic mass is 32.2. The van der Waals surface area contributed by atoms with E-state index >= 15 is 0 Å². The molecule has 2 rings (SSSR count). The van der Waals surface area contributed by atoms with Crippen molar-refractivity contribution in [3.8, 4) is 0 Å². The Morgan fingerprint density at radius 3 is 2.73 bits per heavy atom. The summed E-state index contributed by atoms with van der Waals surface area (Å²) in [5.41, 5.74) is 9.58. The molecule has 1 aromatic rings. The minimum atomic E-state index is -3.48. The summed E-state index contributed by atoms with van der Waals surface area (Å²) in [6.45, 7) is 7.65. The van der Waals surface area contributed by atoms with Crippen LogP contribution in [-0.4, -0.2) is 46.0 Å². The fourth-order valence-corrected chi connectivity index (χ4v) is 4.37. The maximum Gasteiger partial charge on any atom is 0.240 e. The van der Waals surface area contributed by atoms with Gasteiger partial charge in [0.2, 0.25) is 10.0 Å². The molecule has 1 unspecified atom stereocenters. The summed E-state index contributed by atoms with van der Waals surface area (Å²) in [6, 6.07) is 7.13. The SMILES string of the molecule is CC(C)Cc1ccc(S(=O)(=O)NCCN2CCCC(CN=[N+]=[N-])C2)cc1. The second-order valence-electron chi connectivity index (χ2n) is 7.36. The number of benzene rings is 1. The van der Waals surface area contributed by atoms with Crippen LogP contribution in [0.3, 0.4) is 0 Å². The lowest BCUT2D eigenvalue weighted by Crippen LogP contribution is -2.41. The number of azide groups is 1. The lowest BCUT2D eigenvalue weighted by Gasteiger charge is -2.31. The molecule has 0 bridgehead atoms. The van der Waals surface area contributed by atoms with Gasteiger partial charge < -0.3 is 4.90 Å². The maximum atomic E-state index is 12.4. The Bertz CT molecular complexity index is 712. The van der Waals surface area contributed by atoms with Gasteiger partial charge in [-0.1, -0.05) is 31.1 Å². The number of sulfonamides is 1. The van der Waals surface area contributed by atoms with E-state index < -0.39 is 10.0 Å². The van der Waals surface area contributed by atoms with Crippen LogP contribution in [-0.2, 0) is 16.4 Å². The summed E-state index contributed by atoms with van der Waals surface area (Å²) in [5.74, 6) is 0.910. The van der Waals surface area contributed by atoms with E-state index in [1.54, 1.807) is 12.1 Å². The third-order valence-corrected chi connectivity index (χ3v) is 6.08. The second-order valence-corrected chi connectivity index (χ2v) is 9.13. The first-order valence-corrected chi connectivity index (χ1v) is 10.7. The first-order chi connectivity index (χ1) is 12.4. The van der Waals surface area contributed by atoms with Crippen molar-refractivity contribution in [2.75, 3.05) is 32.7 Å². The molecule has 144 valence electrons. The molecule has 1 aliphatic heterocycles. The largest absolute Gasteiger partial charge is 0.302 e. The quantitative estimate of drug-likeness (QED) is 0.405. The van der Waals surface area contributed by atoms with Gasteiger partial charge in [0.1, 0.15) is 0 Å². The number of piperidine rings is 1. The minimum Gasteiger partial charge on any atom is -0.302 e. The first kappa shape index (κ1) is 20.7. The lowest BCUT2D eigenvalue weighted by molar-refractivity contribution is 0.181. The molecular formula is C18H29N5O2S. The van der Waals surface area contributed by atoms with Crippen molar-refractivity contribution < 1.29 is 8.42 Å². The summed E-state index contributed by atoms with van der Waals surface area (Å²) >= 11 is 0. The fraction of sp³-hybridized carbons (Fsp3) is 0.667. The highest BCUT2D eigenvalue weighted by Crippen LogP contribution is 2.17. The number of likely N-dealkylation sites (tertiary alicyclic amines) is 1. The van der Waals surface area contributed by atoms with Crippen molar-refractivity contribution in [2.24, 2.45) is 17.0 Å². The Labute approximate surface area is 156 Å². The second kappa shape index (κ2) is 9.92. The molecule has 0 aromatic heterocycles. The summed E-state index contributed by atoms with van der Waals surface area (Å²) in [7, 11) is -3.48. The normalized spacial score (nSPS) is 18.7. The number of rotatable bonds is 9. The van der Waals surface area contributed by atoms with Crippen molar-refractivity contribution in [1.29, 1.82) is 0 Å². The Balaban J connectivity index is 1.83. The van der Waals surface area contributed by atoms with Crippen molar-refractivity contribution in [3.63, 3.8) is 0 Å². The molecular weight excluding hydrogens is 350 g/mol. The minimum absolute atomic E-state index is 0.310. The molecule has 0 spiro atoms. The summed E-state index contributed by atoms with van der Waals surface area (Å²) in [6.07, 6.45) is 3.05. The summed E-state index contributed by atoms with van der Waals surface area (Å²) < 4.78 is 27.5. The van der Waals surface area contributed by atoms with Crippen LogP contribution in [0.25, 0.3) is 10.4 Å². The Morgan fingerprint density at radius 1 is 1.35 bits per heavy atom. The van der Waals surface area contributed by atoms with Crippen LogP contribution in [0.15, 0.2) is 34.3 Å². The van der Waals surface area contributed by atoms with Crippen molar-refractivity contribution in [1.82, 2.24) is 9.62 Å². The maximum absolute atomic E-state index is 12.4. The zero-order chi connectivity index (χ0) is 19.0. The van der Waals surface area contributed by atoms with E-state index in [0.29, 0.717) is 36.4 Å². The van der Waals surface area contributed by atoms with Gasteiger partial charge in [0, 0.05) is 31.1 Å². The number of nitrogens with one attached hydrogen (secondary N) is 1. The van der Waals surface area contributed by atoms with Crippen LogP contribution in [0.4, 0.5) is 0 Å². The first-order valence-electron chi connectivity index (χ1n) is 9.22. The fourth-order valence-electron chi connectivity index (χ4n) is 3.35. The monoisotopic (exact) mass is 379 g/mol. The summed E-state index contributed by atoms with van der Waals surface area (Å²) in [5, 5.41) is 3.66. The molecule has 0 saturated carbocycles. The van der Waals surface area contributed by atoms with Gasteiger partial charge >= 0.3 is 0 Å². The number of hydrogen-bond donors (Lipinski definition) is 1. The topological polar surface area (TPSA) is 98.2 Å². The number of hydrogen-bond acceptors (Lipinski definition) is 4. The Morgan fingerprint density at radius 2 is 2.08 bits per heavy atom. The number of nitrogens with zero attached hydrogens (tertiary/aromatic N) is 4. The third-order valence-electron chi connectivity index (χ3n) is 4.60. The molecule has 8 heteroatoms. The van der Waals surface area contributed by atoms with Gasteiger partial charge in [-0.3, -0.25) is 0 Å². The molecule has 0 amide bonds. The van der Waals surface area contributed by atoms with Gasteiger partial charge in [-0.25, -0.2) is 13.1 Å². The van der Waals surface area contributed by atoms with Crippen molar-refractivity contribution in [3.05, 3.63) is 40.3 Å². The molecule has 0 aliphatic carbocycles. The highest BCUT2D eigenvalue weighted by Gasteiger charge is 2.20. The average molecular weight is 380 g/mol. The predicted molar refractivity (Wildman–Crippen MR) is 103 cm³/mol. The molecule has 1 aromatic carbocycles. The van der Waals surface area contributed by atoms with Gasteiger partial charge in [0.05, 0.1) is 4.90 Å². The van der Waals surface area contributed by atoms with Crippen molar-refractivity contribution in [2.45, 2.75) is 38.0 Å². The van der Waals surface area contributed by atoms with Gasteiger partial charge in [-0.2, -0.15) is 0 Å². The van der Waals surface area contributed by atoms with E-state index in [-0.39, 0.29) is 0 Å². The van der Waals surface area contributed by atoms with E-state index in [2.05, 4.69) is 33.5 Å². The summed E-state index contributed by atoms with van der Waals surface area (Å²) in [4.78, 5) is 5.36. The van der Waals surface area contributed by atoms with Crippen LogP contribution in [0.2, 0.25) is 0 Å². The molecule has 7 nitrogen and oxygen atoms in total. The molecule has 1 saturated heterocycles. The van der Waals surface area contributed by atoms with Gasteiger partial charge in [-0.05, 0) is 60.9 Å². The Kier molecular flexibility index (Phi) is 7.90. The van der Waals surface area contributed by atoms with Gasteiger partial charge in [0.15, 0.2) is 0 Å². The van der Waals surface area contributed by atoms with Crippen molar-refractivity contribution >= 4 is 10.0 Å². The molecule has 1 N–H and O–H groups in total. The predicted octanol–water partition coefficient (Wildman–Crippen LogP) is 3.19. The zero-order valence-electron chi connectivity index (χ0n) is 15.6. The van der Waals surface area contributed by atoms with E-state index in [4.69, 9.17) is 5.53 Å². The van der Waals surface area contributed by atoms with Gasteiger partial charge in [0.25, 0.3) is 0 Å². The molecule has 1 atom stereocenters. The van der Waals surface area contributed by atoms with Crippen LogP contribution in [0.5, 0.6) is 0 Å². The van der Waals surface area contributed by atoms with E-state index in [9.17, 15) is 8.42 Å². The zero-order valence-corrected chi connectivity index (χ0v) is 16.5. The smallest absolute Gasteiger partial charge is 0.240 e. The Hall–Kier alpha value is -1.60. The molecule has 26 heavy (non-hydrogen) atoms. The molecule has 1 fully saturated rings. The van der Waals surface area contributed by atoms with Crippen LogP contribution in [0, 0.1) is 11.8 Å². The highest BCUT2D eigenvalue weighted by molar-refractivity contribution is 7.89. The molecule has 0 radical (unpaired) electrons. The van der Waals surface area contributed by atoms with Crippen LogP contribution < -0.4 is 4.72 Å². The van der Waals surface area contributed by atoms with Crippen LogP contribution >= 0.6 is 0 Å². The molecule has 1 heterocycles.